The smallest absolute Gasteiger partial charge is 0.127 e. The number of nitrogen functional groups attached to an aromatic ring is 1. The van der Waals surface area contributed by atoms with Gasteiger partial charge in [0.05, 0.1) is 0 Å². The molecule has 0 saturated carbocycles. The lowest BCUT2D eigenvalue weighted by molar-refractivity contribution is 0.310. The molecule has 0 aliphatic heterocycles. The molecule has 3 rings (SSSR count). The number of rotatable bonds is 3. The van der Waals surface area contributed by atoms with Gasteiger partial charge in [0.1, 0.15) is 12.4 Å². The zero-order valence-electron chi connectivity index (χ0n) is 10.8. The summed E-state index contributed by atoms with van der Waals surface area (Å²) in [4.78, 5) is 0. The highest BCUT2D eigenvalue weighted by Gasteiger charge is 2.05. The molecule has 0 spiro atoms. The maximum Gasteiger partial charge on any atom is 0.127 e. The van der Waals surface area contributed by atoms with Crippen molar-refractivity contribution in [2.24, 2.45) is 0 Å². The van der Waals surface area contributed by atoms with Crippen LogP contribution in [0.25, 0.3) is 10.8 Å². The second-order valence-corrected chi connectivity index (χ2v) is 5.03. The van der Waals surface area contributed by atoms with Gasteiger partial charge in [0, 0.05) is 21.5 Å². The molecule has 100 valence electrons. The lowest BCUT2D eigenvalue weighted by atomic mass is 10.1. The van der Waals surface area contributed by atoms with Crippen molar-refractivity contribution in [1.82, 2.24) is 0 Å². The normalized spacial score (nSPS) is 10.7. The fourth-order valence-electron chi connectivity index (χ4n) is 2.14. The van der Waals surface area contributed by atoms with Crippen LogP contribution in [0.15, 0.2) is 60.7 Å². The van der Waals surface area contributed by atoms with Gasteiger partial charge in [-0.3, -0.25) is 0 Å². The van der Waals surface area contributed by atoms with Crippen molar-refractivity contribution >= 4 is 28.1 Å². The molecule has 0 heterocycles. The van der Waals surface area contributed by atoms with E-state index in [-0.39, 0.29) is 0 Å². The van der Waals surface area contributed by atoms with Crippen molar-refractivity contribution in [3.05, 3.63) is 71.2 Å². The molecule has 3 heteroatoms. The van der Waals surface area contributed by atoms with E-state index in [1.807, 2.05) is 60.7 Å². The summed E-state index contributed by atoms with van der Waals surface area (Å²) in [7, 11) is 0. The third kappa shape index (κ3) is 2.56. The van der Waals surface area contributed by atoms with E-state index in [2.05, 4.69) is 0 Å². The molecule has 2 N–H and O–H groups in total. The number of ether oxygens (including phenoxy) is 1. The zero-order valence-corrected chi connectivity index (χ0v) is 11.6. The van der Waals surface area contributed by atoms with Crippen LogP contribution in [-0.2, 0) is 6.61 Å². The monoisotopic (exact) mass is 283 g/mol. The largest absolute Gasteiger partial charge is 0.488 e. The van der Waals surface area contributed by atoms with Crippen LogP contribution in [0.2, 0.25) is 5.02 Å². The molecule has 0 bridgehead atoms. The maximum absolute atomic E-state index is 6.19. The van der Waals surface area contributed by atoms with E-state index in [1.54, 1.807) is 0 Å². The molecule has 0 aliphatic carbocycles. The Labute approximate surface area is 122 Å². The minimum Gasteiger partial charge on any atom is -0.488 e. The summed E-state index contributed by atoms with van der Waals surface area (Å²) in [6, 6.07) is 19.4. The molecular weight excluding hydrogens is 270 g/mol. The predicted molar refractivity (Wildman–Crippen MR) is 84.1 cm³/mol. The second-order valence-electron chi connectivity index (χ2n) is 4.62. The summed E-state index contributed by atoms with van der Waals surface area (Å²) < 4.78 is 5.90. The lowest BCUT2D eigenvalue weighted by Crippen LogP contribution is -1.96. The van der Waals surface area contributed by atoms with Crippen molar-refractivity contribution < 1.29 is 4.74 Å². The molecule has 0 amide bonds. The first kappa shape index (κ1) is 12.8. The highest BCUT2D eigenvalue weighted by atomic mass is 35.5. The third-order valence-corrected chi connectivity index (χ3v) is 3.53. The van der Waals surface area contributed by atoms with Crippen molar-refractivity contribution in [2.75, 3.05) is 5.73 Å². The number of hydrogen-bond acceptors (Lipinski definition) is 2. The van der Waals surface area contributed by atoms with E-state index in [4.69, 9.17) is 22.1 Å². The highest BCUT2D eigenvalue weighted by Crippen LogP contribution is 2.31. The number of benzene rings is 3. The third-order valence-electron chi connectivity index (χ3n) is 3.20. The molecule has 0 unspecified atom stereocenters. The van der Waals surface area contributed by atoms with Gasteiger partial charge in [-0.15, -0.1) is 0 Å². The van der Waals surface area contributed by atoms with Gasteiger partial charge in [0.2, 0.25) is 0 Å². The number of hydrogen-bond donors (Lipinski definition) is 1. The first-order valence-corrected chi connectivity index (χ1v) is 6.76. The lowest BCUT2D eigenvalue weighted by Gasteiger charge is -2.10. The molecule has 0 aromatic heterocycles. The van der Waals surface area contributed by atoms with Gasteiger partial charge in [-0.1, -0.05) is 48.0 Å². The summed E-state index contributed by atoms with van der Waals surface area (Å²) in [6.07, 6.45) is 0. The summed E-state index contributed by atoms with van der Waals surface area (Å²) in [5.74, 6) is 0.835. The Balaban J connectivity index is 1.88. The van der Waals surface area contributed by atoms with Crippen molar-refractivity contribution in [3.8, 4) is 5.75 Å². The van der Waals surface area contributed by atoms with Gasteiger partial charge in [-0.25, -0.2) is 0 Å². The van der Waals surface area contributed by atoms with Crippen molar-refractivity contribution in [1.29, 1.82) is 0 Å². The Morgan fingerprint density at radius 2 is 1.55 bits per heavy atom. The first-order valence-electron chi connectivity index (χ1n) is 6.38. The zero-order chi connectivity index (χ0) is 13.9. The number of halogens is 1. The van der Waals surface area contributed by atoms with Crippen LogP contribution in [-0.4, -0.2) is 0 Å². The topological polar surface area (TPSA) is 35.2 Å². The van der Waals surface area contributed by atoms with Crippen LogP contribution < -0.4 is 10.5 Å². The Bertz CT molecular complexity index is 738. The Hall–Kier alpha value is -2.19. The summed E-state index contributed by atoms with van der Waals surface area (Å²) in [5.41, 5.74) is 7.51. The van der Waals surface area contributed by atoms with Crippen molar-refractivity contribution in [2.45, 2.75) is 6.61 Å². The molecule has 0 radical (unpaired) electrons. The first-order chi connectivity index (χ1) is 9.74. The summed E-state index contributed by atoms with van der Waals surface area (Å²) in [6.45, 7) is 0.506. The highest BCUT2D eigenvalue weighted by molar-refractivity contribution is 6.35. The van der Waals surface area contributed by atoms with Crippen LogP contribution >= 0.6 is 11.6 Å². The van der Waals surface area contributed by atoms with E-state index in [1.165, 1.54) is 0 Å². The summed E-state index contributed by atoms with van der Waals surface area (Å²) in [5, 5.41) is 2.76. The van der Waals surface area contributed by atoms with E-state index in [0.717, 1.165) is 32.8 Å². The molecule has 2 nitrogen and oxygen atoms in total. The Morgan fingerprint density at radius 3 is 2.30 bits per heavy atom. The van der Waals surface area contributed by atoms with E-state index < -0.39 is 0 Å². The minimum absolute atomic E-state index is 0.506. The number of fused-ring (bicyclic) bond motifs is 1. The van der Waals surface area contributed by atoms with Gasteiger partial charge in [-0.2, -0.15) is 0 Å². The molecule has 0 fully saturated rings. The molecule has 0 atom stereocenters. The average molecular weight is 284 g/mol. The average Bonchev–Trinajstić information content (AvgIpc) is 2.49. The van der Waals surface area contributed by atoms with Crippen LogP contribution in [0.3, 0.4) is 0 Å². The molecular formula is C17H14ClNO. The van der Waals surface area contributed by atoms with Gasteiger partial charge >= 0.3 is 0 Å². The predicted octanol–water partition coefficient (Wildman–Crippen LogP) is 4.65. The number of anilines is 1. The minimum atomic E-state index is 0.506. The fraction of sp³-hybridized carbons (Fsp3) is 0.0588. The quantitative estimate of drug-likeness (QED) is 0.710. The fourth-order valence-corrected chi connectivity index (χ4v) is 2.36. The SMILES string of the molecule is Nc1ccc(COc2ccc(Cl)c3ccccc23)cc1. The maximum atomic E-state index is 6.19. The molecule has 20 heavy (non-hydrogen) atoms. The molecule has 3 aromatic carbocycles. The van der Waals surface area contributed by atoms with Crippen LogP contribution in [0.4, 0.5) is 5.69 Å². The van der Waals surface area contributed by atoms with Gasteiger partial charge in [-0.05, 0) is 29.8 Å². The van der Waals surface area contributed by atoms with Gasteiger partial charge in [0.15, 0.2) is 0 Å². The van der Waals surface area contributed by atoms with Crippen LogP contribution in [0.1, 0.15) is 5.56 Å². The van der Waals surface area contributed by atoms with Gasteiger partial charge < -0.3 is 10.5 Å². The standard InChI is InChI=1S/C17H14ClNO/c18-16-9-10-17(15-4-2-1-3-14(15)16)20-11-12-5-7-13(19)8-6-12/h1-10H,11,19H2. The molecule has 0 aliphatic rings. The second kappa shape index (κ2) is 5.43. The Kier molecular flexibility index (Phi) is 3.48. The molecule has 3 aromatic rings. The van der Waals surface area contributed by atoms with E-state index in [0.29, 0.717) is 6.61 Å². The Morgan fingerprint density at radius 1 is 0.850 bits per heavy atom. The van der Waals surface area contributed by atoms with E-state index >= 15 is 0 Å². The molecule has 0 saturated heterocycles. The van der Waals surface area contributed by atoms with Crippen LogP contribution in [0, 0.1) is 0 Å². The van der Waals surface area contributed by atoms with Crippen LogP contribution in [0.5, 0.6) is 5.75 Å². The van der Waals surface area contributed by atoms with Gasteiger partial charge in [0.25, 0.3) is 0 Å². The van der Waals surface area contributed by atoms with Crippen molar-refractivity contribution in [3.63, 3.8) is 0 Å². The number of nitrogens with two attached hydrogens (primary N) is 1. The van der Waals surface area contributed by atoms with E-state index in [9.17, 15) is 0 Å². The summed E-state index contributed by atoms with van der Waals surface area (Å²) >= 11 is 6.19.